The Kier molecular flexibility index (Phi) is 8.40. The first-order valence-corrected chi connectivity index (χ1v) is 12.6. The van der Waals surface area contributed by atoms with Crippen molar-refractivity contribution in [2.45, 2.75) is 71.3 Å². The third-order valence-electron chi connectivity index (χ3n) is 6.62. The smallest absolute Gasteiger partial charge is 0.223 e. The van der Waals surface area contributed by atoms with E-state index >= 15 is 0 Å². The van der Waals surface area contributed by atoms with E-state index in [0.717, 1.165) is 75.3 Å². The normalized spacial score (nSPS) is 14.5. The summed E-state index contributed by atoms with van der Waals surface area (Å²) >= 11 is 0. The molecule has 0 spiro atoms. The number of ether oxygens (including phenoxy) is 1. The highest BCUT2D eigenvalue weighted by Gasteiger charge is 2.20. The number of carbonyl (C=O) groups excluding carboxylic acids is 1. The van der Waals surface area contributed by atoms with Crippen molar-refractivity contribution < 1.29 is 9.53 Å². The van der Waals surface area contributed by atoms with Crippen molar-refractivity contribution in [1.82, 2.24) is 14.9 Å². The van der Waals surface area contributed by atoms with E-state index in [1.165, 1.54) is 30.3 Å². The number of aromatic nitrogens is 2. The number of benzene rings is 2. The monoisotopic (exact) mass is 447 g/mol. The molecule has 0 radical (unpaired) electrons. The molecule has 3 aromatic rings. The molecule has 1 aromatic heterocycles. The summed E-state index contributed by atoms with van der Waals surface area (Å²) in [5.41, 5.74) is 3.46. The van der Waals surface area contributed by atoms with E-state index in [1.807, 2.05) is 18.2 Å². The molecule has 1 N–H and O–H groups in total. The van der Waals surface area contributed by atoms with Crippen LogP contribution in [0.15, 0.2) is 48.5 Å². The minimum atomic E-state index is 0.227. The maximum atomic E-state index is 12.4. The number of nitrogens with one attached hydrogen (secondary N) is 1. The lowest BCUT2D eigenvalue weighted by Gasteiger charge is -2.20. The van der Waals surface area contributed by atoms with Crippen LogP contribution in [0.1, 0.15) is 62.8 Å². The summed E-state index contributed by atoms with van der Waals surface area (Å²) in [4.78, 5) is 17.3. The van der Waals surface area contributed by atoms with Crippen molar-refractivity contribution >= 4 is 16.9 Å². The summed E-state index contributed by atoms with van der Waals surface area (Å²) < 4.78 is 8.26. The number of aryl methyl sites for hydroxylation is 3. The van der Waals surface area contributed by atoms with Gasteiger partial charge in [-0.3, -0.25) is 4.79 Å². The van der Waals surface area contributed by atoms with Gasteiger partial charge in [0.2, 0.25) is 5.91 Å². The number of unbranched alkanes of at least 4 members (excludes halogenated alkanes) is 1. The van der Waals surface area contributed by atoms with Gasteiger partial charge in [0.15, 0.2) is 0 Å². The third kappa shape index (κ3) is 6.59. The van der Waals surface area contributed by atoms with Gasteiger partial charge in [0.1, 0.15) is 11.6 Å². The maximum absolute atomic E-state index is 12.4. The number of amides is 1. The van der Waals surface area contributed by atoms with Crippen molar-refractivity contribution in [2.24, 2.45) is 5.92 Å². The van der Waals surface area contributed by atoms with Crippen LogP contribution < -0.4 is 10.1 Å². The van der Waals surface area contributed by atoms with Crippen LogP contribution in [-0.2, 0) is 17.8 Å². The molecule has 2 aromatic carbocycles. The van der Waals surface area contributed by atoms with Crippen LogP contribution in [0.25, 0.3) is 11.0 Å². The molecular weight excluding hydrogens is 410 g/mol. The Morgan fingerprint density at radius 3 is 2.76 bits per heavy atom. The zero-order valence-corrected chi connectivity index (χ0v) is 19.9. The number of hydrogen-bond donors (Lipinski definition) is 1. The first kappa shape index (κ1) is 23.3. The molecule has 0 saturated heterocycles. The van der Waals surface area contributed by atoms with Gasteiger partial charge in [0.25, 0.3) is 0 Å². The Bertz CT molecular complexity index is 1040. The summed E-state index contributed by atoms with van der Waals surface area (Å²) in [5.74, 6) is 2.53. The molecule has 0 atom stereocenters. The number of rotatable bonds is 11. The second-order valence-corrected chi connectivity index (χ2v) is 9.27. The van der Waals surface area contributed by atoms with E-state index in [2.05, 4.69) is 47.1 Å². The Labute approximate surface area is 197 Å². The molecule has 1 saturated carbocycles. The van der Waals surface area contributed by atoms with E-state index in [-0.39, 0.29) is 11.8 Å². The lowest BCUT2D eigenvalue weighted by atomic mass is 9.89. The van der Waals surface area contributed by atoms with Gasteiger partial charge in [-0.1, -0.05) is 43.5 Å². The highest BCUT2D eigenvalue weighted by atomic mass is 16.5. The Balaban J connectivity index is 1.26. The van der Waals surface area contributed by atoms with E-state index in [0.29, 0.717) is 0 Å². The van der Waals surface area contributed by atoms with E-state index in [1.54, 1.807) is 0 Å². The molecule has 1 aliphatic rings. The highest BCUT2D eigenvalue weighted by molar-refractivity contribution is 5.78. The van der Waals surface area contributed by atoms with Gasteiger partial charge >= 0.3 is 0 Å². The van der Waals surface area contributed by atoms with Gasteiger partial charge < -0.3 is 14.6 Å². The summed E-state index contributed by atoms with van der Waals surface area (Å²) in [6.07, 6.45) is 9.59. The predicted octanol–water partition coefficient (Wildman–Crippen LogP) is 5.83. The first-order valence-electron chi connectivity index (χ1n) is 12.6. The standard InChI is InChI=1S/C28H37N3O2/c1-22-11-9-14-24(21-22)33-20-8-7-19-31-26-16-6-5-15-25(26)30-27(31)17-10-18-29-28(32)23-12-3-2-4-13-23/h5-6,9,11,14-16,21,23H,2-4,7-8,10,12-13,17-20H2,1H3,(H,29,32). The first-order chi connectivity index (χ1) is 16.2. The molecule has 5 heteroatoms. The molecule has 4 rings (SSSR count). The van der Waals surface area contributed by atoms with Gasteiger partial charge in [0, 0.05) is 25.4 Å². The maximum Gasteiger partial charge on any atom is 0.223 e. The molecule has 0 bridgehead atoms. The largest absolute Gasteiger partial charge is 0.494 e. The number of hydrogen-bond acceptors (Lipinski definition) is 3. The Morgan fingerprint density at radius 1 is 1.06 bits per heavy atom. The van der Waals surface area contributed by atoms with Crippen molar-refractivity contribution in [1.29, 1.82) is 0 Å². The predicted molar refractivity (Wildman–Crippen MR) is 134 cm³/mol. The van der Waals surface area contributed by atoms with E-state index in [4.69, 9.17) is 9.72 Å². The minimum Gasteiger partial charge on any atom is -0.494 e. The summed E-state index contributed by atoms with van der Waals surface area (Å²) in [6.45, 7) is 4.46. The number of fused-ring (bicyclic) bond motifs is 1. The summed E-state index contributed by atoms with van der Waals surface area (Å²) in [6, 6.07) is 16.6. The summed E-state index contributed by atoms with van der Waals surface area (Å²) in [7, 11) is 0. The number of carbonyl (C=O) groups is 1. The molecule has 1 amide bonds. The molecule has 1 heterocycles. The van der Waals surface area contributed by atoms with Gasteiger partial charge in [-0.05, 0) is 68.9 Å². The molecule has 0 aliphatic heterocycles. The van der Waals surface area contributed by atoms with E-state index < -0.39 is 0 Å². The highest BCUT2D eigenvalue weighted by Crippen LogP contribution is 2.23. The molecule has 1 aliphatic carbocycles. The van der Waals surface area contributed by atoms with Gasteiger partial charge in [0.05, 0.1) is 17.6 Å². The molecular formula is C28H37N3O2. The van der Waals surface area contributed by atoms with Crippen LogP contribution in [0.2, 0.25) is 0 Å². The second-order valence-electron chi connectivity index (χ2n) is 9.27. The fourth-order valence-corrected chi connectivity index (χ4v) is 4.80. The van der Waals surface area contributed by atoms with Crippen LogP contribution in [0.4, 0.5) is 0 Å². The minimum absolute atomic E-state index is 0.227. The fraction of sp³-hybridized carbons (Fsp3) is 0.500. The number of para-hydroxylation sites is 2. The van der Waals surface area contributed by atoms with Crippen LogP contribution in [0.3, 0.4) is 0 Å². The SMILES string of the molecule is Cc1cccc(OCCCCn2c(CCCNC(=O)C3CCCCC3)nc3ccccc32)c1. The molecule has 0 unspecified atom stereocenters. The molecule has 5 nitrogen and oxygen atoms in total. The van der Waals surface area contributed by atoms with Gasteiger partial charge in [-0.25, -0.2) is 4.98 Å². The lowest BCUT2D eigenvalue weighted by Crippen LogP contribution is -2.32. The molecule has 176 valence electrons. The van der Waals surface area contributed by atoms with Crippen LogP contribution in [0.5, 0.6) is 5.75 Å². The lowest BCUT2D eigenvalue weighted by molar-refractivity contribution is -0.125. The molecule has 33 heavy (non-hydrogen) atoms. The van der Waals surface area contributed by atoms with Crippen molar-refractivity contribution in [3.8, 4) is 5.75 Å². The Hall–Kier alpha value is -2.82. The average molecular weight is 448 g/mol. The second kappa shape index (κ2) is 11.9. The number of nitrogens with zero attached hydrogens (tertiary/aromatic N) is 2. The third-order valence-corrected chi connectivity index (χ3v) is 6.62. The van der Waals surface area contributed by atoms with Crippen molar-refractivity contribution in [3.05, 3.63) is 59.9 Å². The zero-order chi connectivity index (χ0) is 22.9. The topological polar surface area (TPSA) is 56.1 Å². The van der Waals surface area contributed by atoms with Crippen molar-refractivity contribution in [2.75, 3.05) is 13.2 Å². The van der Waals surface area contributed by atoms with Gasteiger partial charge in [-0.15, -0.1) is 0 Å². The quantitative estimate of drug-likeness (QED) is 0.376. The van der Waals surface area contributed by atoms with Crippen molar-refractivity contribution in [3.63, 3.8) is 0 Å². The van der Waals surface area contributed by atoms with Gasteiger partial charge in [-0.2, -0.15) is 0 Å². The zero-order valence-electron chi connectivity index (χ0n) is 19.9. The number of imidazole rings is 1. The fourth-order valence-electron chi connectivity index (χ4n) is 4.80. The van der Waals surface area contributed by atoms with E-state index in [9.17, 15) is 4.79 Å². The van der Waals surface area contributed by atoms with Crippen LogP contribution >= 0.6 is 0 Å². The summed E-state index contributed by atoms with van der Waals surface area (Å²) in [5, 5.41) is 3.16. The molecule has 1 fully saturated rings. The van der Waals surface area contributed by atoms with Crippen LogP contribution in [-0.4, -0.2) is 28.6 Å². The Morgan fingerprint density at radius 2 is 1.91 bits per heavy atom. The average Bonchev–Trinajstić information content (AvgIpc) is 3.19. The van der Waals surface area contributed by atoms with Crippen LogP contribution in [0, 0.1) is 12.8 Å².